The van der Waals surface area contributed by atoms with Crippen LogP contribution < -0.4 is 5.32 Å². The minimum absolute atomic E-state index is 0.0381. The second kappa shape index (κ2) is 9.17. The van der Waals surface area contributed by atoms with Crippen LogP contribution in [-0.2, 0) is 20.0 Å². The summed E-state index contributed by atoms with van der Waals surface area (Å²) in [6, 6.07) is 8.58. The summed E-state index contributed by atoms with van der Waals surface area (Å²) in [5.41, 5.74) is 2.39. The van der Waals surface area contributed by atoms with Gasteiger partial charge in [0, 0.05) is 17.6 Å². The molecule has 1 atom stereocenters. The van der Waals surface area contributed by atoms with Crippen LogP contribution in [0, 0.1) is 0 Å². The highest BCUT2D eigenvalue weighted by Crippen LogP contribution is 2.37. The zero-order chi connectivity index (χ0) is 22.9. The second-order valence-corrected chi connectivity index (χ2v) is 13.1. The molecule has 1 aliphatic heterocycles. The maximum absolute atomic E-state index is 12.4. The molecule has 0 spiro atoms. The number of benzene rings is 1. The molecule has 4 rings (SSSR count). The molecule has 1 aromatic carbocycles. The Kier molecular flexibility index (Phi) is 6.68. The van der Waals surface area contributed by atoms with Gasteiger partial charge in [-0.05, 0) is 30.2 Å². The number of thioether (sulfide) groups is 1. The van der Waals surface area contributed by atoms with Gasteiger partial charge in [-0.25, -0.2) is 8.42 Å². The van der Waals surface area contributed by atoms with E-state index in [-0.39, 0.29) is 34.6 Å². The van der Waals surface area contributed by atoms with E-state index in [2.05, 4.69) is 65.1 Å². The Balaban J connectivity index is 1.50. The highest BCUT2D eigenvalue weighted by molar-refractivity contribution is 7.99. The highest BCUT2D eigenvalue weighted by Gasteiger charge is 2.29. The molecule has 1 unspecified atom stereocenters. The number of nitrogens with one attached hydrogen (secondary N) is 1. The summed E-state index contributed by atoms with van der Waals surface area (Å²) in [7, 11) is -3.01. The van der Waals surface area contributed by atoms with Crippen molar-refractivity contribution in [1.82, 2.24) is 20.1 Å². The standard InChI is InChI=1S/C23H32N4O3S2/c1-23(2,3)17-10-8-16(9-11-17)21-25-26-22(27(21)19-6-4-5-7-19)31-14-20(28)24-18-12-13-32(29,30)15-18/h8-11,18-19H,4-7,12-15H2,1-3H3,(H,24,28). The average Bonchev–Trinajstić information content (AvgIpc) is 3.45. The van der Waals surface area contributed by atoms with Crippen molar-refractivity contribution in [3.8, 4) is 11.4 Å². The van der Waals surface area contributed by atoms with Crippen molar-refractivity contribution in [1.29, 1.82) is 0 Å². The molecule has 174 valence electrons. The fraction of sp³-hybridized carbons (Fsp3) is 0.609. The normalized spacial score (nSPS) is 21.2. The molecule has 7 nitrogen and oxygen atoms in total. The molecular formula is C23H32N4O3S2. The van der Waals surface area contributed by atoms with Crippen molar-refractivity contribution >= 4 is 27.5 Å². The van der Waals surface area contributed by atoms with Crippen molar-refractivity contribution in [2.24, 2.45) is 0 Å². The zero-order valence-corrected chi connectivity index (χ0v) is 20.6. The number of carbonyl (C=O) groups is 1. The number of sulfone groups is 1. The molecule has 32 heavy (non-hydrogen) atoms. The fourth-order valence-electron chi connectivity index (χ4n) is 4.49. The first-order valence-corrected chi connectivity index (χ1v) is 14.1. The number of hydrogen-bond acceptors (Lipinski definition) is 6. The summed E-state index contributed by atoms with van der Waals surface area (Å²) in [4.78, 5) is 12.4. The first-order chi connectivity index (χ1) is 15.1. The van der Waals surface area contributed by atoms with E-state index < -0.39 is 9.84 Å². The highest BCUT2D eigenvalue weighted by atomic mass is 32.2. The van der Waals surface area contributed by atoms with Gasteiger partial charge in [0.1, 0.15) is 0 Å². The van der Waals surface area contributed by atoms with Gasteiger partial charge in [-0.1, -0.05) is 69.6 Å². The van der Waals surface area contributed by atoms with Gasteiger partial charge in [-0.15, -0.1) is 10.2 Å². The molecule has 9 heteroatoms. The van der Waals surface area contributed by atoms with Gasteiger partial charge in [0.15, 0.2) is 20.8 Å². The van der Waals surface area contributed by atoms with Crippen LogP contribution in [0.15, 0.2) is 29.4 Å². The number of hydrogen-bond donors (Lipinski definition) is 1. The number of amides is 1. The Morgan fingerprint density at radius 3 is 2.41 bits per heavy atom. The van der Waals surface area contributed by atoms with E-state index in [1.165, 1.54) is 30.2 Å². The van der Waals surface area contributed by atoms with Crippen LogP contribution in [0.4, 0.5) is 0 Å². The van der Waals surface area contributed by atoms with Gasteiger partial charge in [0.25, 0.3) is 0 Å². The molecule has 1 saturated heterocycles. The van der Waals surface area contributed by atoms with Gasteiger partial charge in [0.2, 0.25) is 5.91 Å². The summed E-state index contributed by atoms with van der Waals surface area (Å²) in [6.45, 7) is 6.59. The monoisotopic (exact) mass is 476 g/mol. The molecule has 2 heterocycles. The maximum Gasteiger partial charge on any atom is 0.230 e. The van der Waals surface area contributed by atoms with Crippen LogP contribution in [0.1, 0.15) is 64.5 Å². The summed E-state index contributed by atoms with van der Waals surface area (Å²) < 4.78 is 25.5. The van der Waals surface area contributed by atoms with Crippen molar-refractivity contribution in [2.45, 2.75) is 75.5 Å². The molecule has 1 aliphatic carbocycles. The molecule has 1 amide bonds. The first kappa shape index (κ1) is 23.3. The Morgan fingerprint density at radius 2 is 1.81 bits per heavy atom. The lowest BCUT2D eigenvalue weighted by molar-refractivity contribution is -0.119. The first-order valence-electron chi connectivity index (χ1n) is 11.3. The Labute approximate surface area is 194 Å². The molecular weight excluding hydrogens is 444 g/mol. The van der Waals surface area contributed by atoms with Crippen molar-refractivity contribution < 1.29 is 13.2 Å². The largest absolute Gasteiger partial charge is 0.352 e. The lowest BCUT2D eigenvalue weighted by Gasteiger charge is -2.20. The minimum atomic E-state index is -3.01. The third kappa shape index (κ3) is 5.36. The van der Waals surface area contributed by atoms with Crippen LogP contribution in [0.2, 0.25) is 0 Å². The Bertz CT molecular complexity index is 1070. The number of aromatic nitrogens is 3. The van der Waals surface area contributed by atoms with E-state index in [0.717, 1.165) is 29.4 Å². The molecule has 1 N–H and O–H groups in total. The fourth-order valence-corrected chi connectivity index (χ4v) is 6.98. The predicted molar refractivity (Wildman–Crippen MR) is 128 cm³/mol. The van der Waals surface area contributed by atoms with Gasteiger partial charge in [-0.2, -0.15) is 0 Å². The van der Waals surface area contributed by atoms with Gasteiger partial charge < -0.3 is 5.32 Å². The third-order valence-corrected chi connectivity index (χ3v) is 9.00. The van der Waals surface area contributed by atoms with E-state index in [0.29, 0.717) is 12.5 Å². The summed E-state index contributed by atoms with van der Waals surface area (Å²) in [5, 5.41) is 12.5. The topological polar surface area (TPSA) is 94.0 Å². The number of rotatable bonds is 6. The second-order valence-electron chi connectivity index (χ2n) is 9.90. The summed E-state index contributed by atoms with van der Waals surface area (Å²) in [6.07, 6.45) is 5.04. The van der Waals surface area contributed by atoms with Crippen molar-refractivity contribution in [3.05, 3.63) is 29.8 Å². The molecule has 0 bridgehead atoms. The quantitative estimate of drug-likeness (QED) is 0.638. The predicted octanol–water partition coefficient (Wildman–Crippen LogP) is 3.75. The van der Waals surface area contributed by atoms with Crippen LogP contribution in [0.3, 0.4) is 0 Å². The SMILES string of the molecule is CC(C)(C)c1ccc(-c2nnc(SCC(=O)NC3CCS(=O)(=O)C3)n2C2CCCC2)cc1. The van der Waals surface area contributed by atoms with Crippen LogP contribution in [-0.4, -0.2) is 52.4 Å². The van der Waals surface area contributed by atoms with Crippen molar-refractivity contribution in [2.75, 3.05) is 17.3 Å². The molecule has 2 aliphatic rings. The summed E-state index contributed by atoms with van der Waals surface area (Å²) >= 11 is 1.38. The molecule has 1 saturated carbocycles. The molecule has 0 radical (unpaired) electrons. The Hall–Kier alpha value is -1.87. The molecule has 2 fully saturated rings. The van der Waals surface area contributed by atoms with E-state index in [9.17, 15) is 13.2 Å². The lowest BCUT2D eigenvalue weighted by atomic mass is 9.86. The van der Waals surface area contributed by atoms with Gasteiger partial charge in [-0.3, -0.25) is 9.36 Å². The maximum atomic E-state index is 12.4. The smallest absolute Gasteiger partial charge is 0.230 e. The van der Waals surface area contributed by atoms with E-state index in [1.807, 2.05) is 0 Å². The third-order valence-electron chi connectivity index (χ3n) is 6.29. The van der Waals surface area contributed by atoms with Crippen LogP contribution in [0.25, 0.3) is 11.4 Å². The van der Waals surface area contributed by atoms with Crippen LogP contribution in [0.5, 0.6) is 0 Å². The zero-order valence-electron chi connectivity index (χ0n) is 19.0. The van der Waals surface area contributed by atoms with Crippen LogP contribution >= 0.6 is 11.8 Å². The Morgan fingerprint density at radius 1 is 1.12 bits per heavy atom. The van der Waals surface area contributed by atoms with E-state index in [4.69, 9.17) is 0 Å². The lowest BCUT2D eigenvalue weighted by Crippen LogP contribution is -2.36. The molecule has 2 aromatic rings. The van der Waals surface area contributed by atoms with Gasteiger partial charge in [0.05, 0.1) is 17.3 Å². The van der Waals surface area contributed by atoms with E-state index in [1.54, 1.807) is 0 Å². The van der Waals surface area contributed by atoms with Crippen molar-refractivity contribution in [3.63, 3.8) is 0 Å². The van der Waals surface area contributed by atoms with Gasteiger partial charge >= 0.3 is 0 Å². The average molecular weight is 477 g/mol. The number of carbonyl (C=O) groups excluding carboxylic acids is 1. The minimum Gasteiger partial charge on any atom is -0.352 e. The number of nitrogens with zero attached hydrogens (tertiary/aromatic N) is 3. The molecule has 1 aromatic heterocycles. The summed E-state index contributed by atoms with van der Waals surface area (Å²) in [5.74, 6) is 1.08. The van der Waals surface area contributed by atoms with E-state index >= 15 is 0 Å².